The molecule has 0 aromatic rings. The second-order valence-electron chi connectivity index (χ2n) is 6.82. The number of likely N-dealkylation sites (tertiary alicyclic amines) is 1. The molecule has 0 saturated carbocycles. The van der Waals surface area contributed by atoms with Crippen LogP contribution in [0.1, 0.15) is 67.7 Å². The number of piperidine rings is 1. The molecular weight excluding hydrogens is 244 g/mol. The van der Waals surface area contributed by atoms with Crippen LogP contribution in [-0.2, 0) is 0 Å². The zero-order valence-corrected chi connectivity index (χ0v) is 15.9. The summed E-state index contributed by atoms with van der Waals surface area (Å²) in [6.45, 7) is 20.1. The van der Waals surface area contributed by atoms with Gasteiger partial charge in [0.15, 0.2) is 0 Å². The summed E-state index contributed by atoms with van der Waals surface area (Å²) in [5.41, 5.74) is 0.473. The first-order chi connectivity index (χ1) is 9.37. The van der Waals surface area contributed by atoms with Crippen molar-refractivity contribution in [2.45, 2.75) is 67.7 Å². The Labute approximate surface area is 129 Å². The van der Waals surface area contributed by atoms with Crippen LogP contribution in [-0.4, -0.2) is 50.1 Å². The van der Waals surface area contributed by atoms with Crippen LogP contribution in [0.25, 0.3) is 0 Å². The molecule has 1 aliphatic heterocycles. The maximum Gasteiger partial charge on any atom is 0.000756 e. The van der Waals surface area contributed by atoms with E-state index in [1.54, 1.807) is 0 Å². The van der Waals surface area contributed by atoms with Crippen molar-refractivity contribution in [2.24, 2.45) is 11.3 Å². The van der Waals surface area contributed by atoms with E-state index in [0.29, 0.717) is 5.41 Å². The highest BCUT2D eigenvalue weighted by Gasteiger charge is 2.19. The molecule has 2 nitrogen and oxygen atoms in total. The van der Waals surface area contributed by atoms with Gasteiger partial charge < -0.3 is 9.80 Å². The maximum absolute atomic E-state index is 2.53. The molecule has 20 heavy (non-hydrogen) atoms. The first-order valence-corrected chi connectivity index (χ1v) is 8.74. The molecule has 124 valence electrons. The first-order valence-electron chi connectivity index (χ1n) is 8.74. The summed E-state index contributed by atoms with van der Waals surface area (Å²) >= 11 is 0. The molecule has 1 fully saturated rings. The Kier molecular flexibility index (Phi) is 14.0. The second-order valence-corrected chi connectivity index (χ2v) is 6.82. The zero-order chi connectivity index (χ0) is 16.2. The van der Waals surface area contributed by atoms with Crippen LogP contribution in [0, 0.1) is 11.3 Å². The Morgan fingerprint density at radius 3 is 1.85 bits per heavy atom. The van der Waals surface area contributed by atoms with Gasteiger partial charge in [0.1, 0.15) is 0 Å². The molecule has 0 aromatic heterocycles. The highest BCUT2D eigenvalue weighted by atomic mass is 15.1. The third kappa shape index (κ3) is 12.9. The molecule has 0 bridgehead atoms. The fourth-order valence-corrected chi connectivity index (χ4v) is 2.30. The van der Waals surface area contributed by atoms with E-state index in [0.717, 1.165) is 5.92 Å². The molecular formula is C18H42N2. The molecule has 1 rings (SSSR count). The lowest BCUT2D eigenvalue weighted by atomic mass is 9.91. The Hall–Kier alpha value is -0.0800. The van der Waals surface area contributed by atoms with Crippen LogP contribution in [0.2, 0.25) is 0 Å². The normalized spacial score (nSPS) is 17.1. The van der Waals surface area contributed by atoms with Crippen LogP contribution in [0.4, 0.5) is 0 Å². The van der Waals surface area contributed by atoms with E-state index in [1.165, 1.54) is 45.4 Å². The first kappa shape index (κ1) is 22.2. The predicted octanol–water partition coefficient (Wildman–Crippen LogP) is 4.75. The van der Waals surface area contributed by atoms with Crippen LogP contribution in [0.3, 0.4) is 0 Å². The average molecular weight is 287 g/mol. The topological polar surface area (TPSA) is 6.48 Å². The smallest absolute Gasteiger partial charge is 0.000756 e. The molecule has 0 aliphatic carbocycles. The van der Waals surface area contributed by atoms with Crippen molar-refractivity contribution in [3.05, 3.63) is 0 Å². The van der Waals surface area contributed by atoms with Crippen molar-refractivity contribution >= 4 is 0 Å². The number of rotatable bonds is 4. The van der Waals surface area contributed by atoms with Crippen molar-refractivity contribution in [1.82, 2.24) is 9.80 Å². The highest BCUT2D eigenvalue weighted by Crippen LogP contribution is 2.20. The molecule has 0 spiro atoms. The summed E-state index contributed by atoms with van der Waals surface area (Å²) in [6, 6.07) is 0. The zero-order valence-electron chi connectivity index (χ0n) is 15.9. The van der Waals surface area contributed by atoms with Crippen molar-refractivity contribution < 1.29 is 0 Å². The van der Waals surface area contributed by atoms with E-state index in [9.17, 15) is 0 Å². The Morgan fingerprint density at radius 2 is 1.45 bits per heavy atom. The molecule has 0 unspecified atom stereocenters. The minimum Gasteiger partial charge on any atom is -0.306 e. The largest absolute Gasteiger partial charge is 0.306 e. The van der Waals surface area contributed by atoms with Gasteiger partial charge in [0.05, 0.1) is 0 Å². The highest BCUT2D eigenvalue weighted by molar-refractivity contribution is 4.73. The summed E-state index contributed by atoms with van der Waals surface area (Å²) in [5, 5.41) is 0. The summed E-state index contributed by atoms with van der Waals surface area (Å²) in [5.74, 6) is 0.932. The standard InChI is InChI=1S/C14H30N2.2C2H6/c1-14(2,3)8-11-16(5)12-13-6-9-15(4)10-7-13;2*1-2/h13H,6-12H2,1-5H3;2*1-2H3. The Bertz CT molecular complexity index is 188. The third-order valence-electron chi connectivity index (χ3n) is 3.65. The van der Waals surface area contributed by atoms with Gasteiger partial charge in [-0.2, -0.15) is 0 Å². The fraction of sp³-hybridized carbons (Fsp3) is 1.00. The Balaban J connectivity index is 0. The molecule has 0 aromatic carbocycles. The molecule has 1 heterocycles. The molecule has 1 saturated heterocycles. The van der Waals surface area contributed by atoms with Crippen molar-refractivity contribution in [2.75, 3.05) is 40.3 Å². The average Bonchev–Trinajstić information content (AvgIpc) is 2.43. The molecule has 0 atom stereocenters. The molecule has 2 heteroatoms. The minimum absolute atomic E-state index is 0.473. The maximum atomic E-state index is 2.53. The van der Waals surface area contributed by atoms with Crippen LogP contribution in [0.5, 0.6) is 0 Å². The molecule has 1 aliphatic rings. The second kappa shape index (κ2) is 12.6. The minimum atomic E-state index is 0.473. The lowest BCUT2D eigenvalue weighted by molar-refractivity contribution is 0.167. The van der Waals surface area contributed by atoms with E-state index < -0.39 is 0 Å². The molecule has 0 N–H and O–H groups in total. The summed E-state index contributed by atoms with van der Waals surface area (Å²) in [4.78, 5) is 4.98. The fourth-order valence-electron chi connectivity index (χ4n) is 2.30. The SMILES string of the molecule is CC.CC.CN1CCC(CN(C)CCC(C)(C)C)CC1. The molecule has 0 amide bonds. The van der Waals surface area contributed by atoms with Gasteiger partial charge >= 0.3 is 0 Å². The van der Waals surface area contributed by atoms with E-state index in [2.05, 4.69) is 44.7 Å². The van der Waals surface area contributed by atoms with Gasteiger partial charge in [0.2, 0.25) is 0 Å². The molecule has 0 radical (unpaired) electrons. The van der Waals surface area contributed by atoms with E-state index in [1.807, 2.05) is 27.7 Å². The lowest BCUT2D eigenvalue weighted by Crippen LogP contribution is -2.36. The van der Waals surface area contributed by atoms with E-state index in [4.69, 9.17) is 0 Å². The van der Waals surface area contributed by atoms with Gasteiger partial charge in [-0.05, 0) is 64.3 Å². The third-order valence-corrected chi connectivity index (χ3v) is 3.65. The monoisotopic (exact) mass is 286 g/mol. The Morgan fingerprint density at radius 1 is 1.00 bits per heavy atom. The van der Waals surface area contributed by atoms with Gasteiger partial charge in [0.25, 0.3) is 0 Å². The van der Waals surface area contributed by atoms with Gasteiger partial charge in [0, 0.05) is 6.54 Å². The van der Waals surface area contributed by atoms with Crippen molar-refractivity contribution in [3.63, 3.8) is 0 Å². The van der Waals surface area contributed by atoms with Gasteiger partial charge in [-0.15, -0.1) is 0 Å². The van der Waals surface area contributed by atoms with Crippen LogP contribution in [0.15, 0.2) is 0 Å². The van der Waals surface area contributed by atoms with Gasteiger partial charge in [-0.1, -0.05) is 48.5 Å². The van der Waals surface area contributed by atoms with E-state index >= 15 is 0 Å². The van der Waals surface area contributed by atoms with Crippen LogP contribution >= 0.6 is 0 Å². The summed E-state index contributed by atoms with van der Waals surface area (Å²) < 4.78 is 0. The van der Waals surface area contributed by atoms with Crippen LogP contribution < -0.4 is 0 Å². The number of nitrogens with zero attached hydrogens (tertiary/aromatic N) is 2. The van der Waals surface area contributed by atoms with E-state index in [-0.39, 0.29) is 0 Å². The summed E-state index contributed by atoms with van der Waals surface area (Å²) in [7, 11) is 4.52. The number of hydrogen-bond donors (Lipinski definition) is 0. The van der Waals surface area contributed by atoms with Crippen molar-refractivity contribution in [3.8, 4) is 0 Å². The lowest BCUT2D eigenvalue weighted by Gasteiger charge is -2.32. The predicted molar refractivity (Wildman–Crippen MR) is 94.5 cm³/mol. The van der Waals surface area contributed by atoms with Crippen molar-refractivity contribution in [1.29, 1.82) is 0 Å². The van der Waals surface area contributed by atoms with Gasteiger partial charge in [-0.25, -0.2) is 0 Å². The quantitative estimate of drug-likeness (QED) is 0.736. The van der Waals surface area contributed by atoms with Gasteiger partial charge in [-0.3, -0.25) is 0 Å². The number of hydrogen-bond acceptors (Lipinski definition) is 2. The summed E-state index contributed by atoms with van der Waals surface area (Å²) in [6.07, 6.45) is 4.07.